The highest BCUT2D eigenvalue weighted by atomic mass is 127. The second kappa shape index (κ2) is 13.5. The van der Waals surface area contributed by atoms with Crippen LogP contribution in [0.25, 0.3) is 0 Å². The lowest BCUT2D eigenvalue weighted by molar-refractivity contribution is 0.396. The molecule has 0 saturated heterocycles. The molecule has 1 aliphatic rings. The van der Waals surface area contributed by atoms with Crippen molar-refractivity contribution in [3.05, 3.63) is 80.9 Å². The Morgan fingerprint density at radius 2 is 1.37 bits per heavy atom. The summed E-state index contributed by atoms with van der Waals surface area (Å²) >= 11 is 2.00. The summed E-state index contributed by atoms with van der Waals surface area (Å²) in [6.07, 6.45) is 0. The standard InChI is InChI=1S/C29H35IN4O6S2Si/c1-39-23-10-6-21(7-11-23)18-34(19-22-8-12-24(40-2)13-9-22)42(37,38)28-26(41(35,36)16-17-43(3,4)5)15-14-25(30)27(28)29-31-20-32-33-29/h6-15H,16-20H2,1-5H3. The molecule has 0 atom stereocenters. The van der Waals surface area contributed by atoms with E-state index in [-0.39, 0.29) is 46.7 Å². The van der Waals surface area contributed by atoms with Crippen molar-refractivity contribution < 1.29 is 26.3 Å². The zero-order valence-corrected chi connectivity index (χ0v) is 29.5. The van der Waals surface area contributed by atoms with Crippen molar-refractivity contribution in [3.8, 4) is 11.5 Å². The van der Waals surface area contributed by atoms with Crippen LogP contribution in [0.3, 0.4) is 0 Å². The van der Waals surface area contributed by atoms with E-state index in [1.165, 1.54) is 10.4 Å². The summed E-state index contributed by atoms with van der Waals surface area (Å²) in [4.78, 5) is 3.72. The van der Waals surface area contributed by atoms with Gasteiger partial charge in [0.2, 0.25) is 10.0 Å². The quantitative estimate of drug-likeness (QED) is 0.156. The number of aliphatic imine (C=N–C) groups is 1. The van der Waals surface area contributed by atoms with Gasteiger partial charge >= 0.3 is 0 Å². The molecule has 1 aliphatic heterocycles. The number of nitrogens with zero attached hydrogens (tertiary/aromatic N) is 4. The van der Waals surface area contributed by atoms with Crippen LogP contribution < -0.4 is 9.47 Å². The maximum atomic E-state index is 14.9. The molecule has 0 bridgehead atoms. The molecule has 0 spiro atoms. The second-order valence-electron chi connectivity index (χ2n) is 11.2. The van der Waals surface area contributed by atoms with E-state index in [0.717, 1.165) is 0 Å². The third-order valence-corrected chi connectivity index (χ3v) is 13.6. The number of sulfonamides is 1. The number of ether oxygens (including phenoxy) is 2. The molecule has 0 aliphatic carbocycles. The summed E-state index contributed by atoms with van der Waals surface area (Å²) < 4.78 is 69.9. The van der Waals surface area contributed by atoms with Crippen molar-refractivity contribution in [2.45, 2.75) is 48.6 Å². The fourth-order valence-electron chi connectivity index (χ4n) is 4.38. The molecule has 3 aromatic rings. The van der Waals surface area contributed by atoms with E-state index in [2.05, 4.69) is 34.9 Å². The Balaban J connectivity index is 1.92. The molecule has 1 heterocycles. The van der Waals surface area contributed by atoms with Crippen molar-refractivity contribution in [3.63, 3.8) is 0 Å². The van der Waals surface area contributed by atoms with E-state index in [0.29, 0.717) is 32.2 Å². The third-order valence-electron chi connectivity index (χ3n) is 6.83. The lowest BCUT2D eigenvalue weighted by atomic mass is 10.2. The van der Waals surface area contributed by atoms with Gasteiger partial charge < -0.3 is 9.47 Å². The van der Waals surface area contributed by atoms with Crippen LogP contribution in [-0.2, 0) is 33.0 Å². The summed E-state index contributed by atoms with van der Waals surface area (Å²) in [6, 6.07) is 17.6. The average Bonchev–Trinajstić information content (AvgIpc) is 3.50. The Labute approximate surface area is 268 Å². The molecule has 0 unspecified atom stereocenters. The third kappa shape index (κ3) is 8.09. The van der Waals surface area contributed by atoms with E-state index >= 15 is 0 Å². The van der Waals surface area contributed by atoms with Gasteiger partial charge in [0, 0.05) is 24.7 Å². The predicted octanol–water partition coefficient (Wildman–Crippen LogP) is 5.98. The lowest BCUT2D eigenvalue weighted by Gasteiger charge is -2.26. The summed E-state index contributed by atoms with van der Waals surface area (Å²) in [6.45, 7) is 6.24. The topological polar surface area (TPSA) is 127 Å². The highest BCUT2D eigenvalue weighted by molar-refractivity contribution is 14.1. The maximum absolute atomic E-state index is 14.9. The molecule has 230 valence electrons. The van der Waals surface area contributed by atoms with Gasteiger partial charge in [-0.05, 0) is 76.2 Å². The van der Waals surface area contributed by atoms with Gasteiger partial charge in [-0.25, -0.2) is 21.8 Å². The highest BCUT2D eigenvalue weighted by Crippen LogP contribution is 2.35. The number of sulfone groups is 1. The fraction of sp³-hybridized carbons (Fsp3) is 0.345. The smallest absolute Gasteiger partial charge is 0.245 e. The van der Waals surface area contributed by atoms with Gasteiger partial charge in [-0.3, -0.25) is 0 Å². The Bertz CT molecular complexity index is 1690. The molecular weight excluding hydrogens is 719 g/mol. The van der Waals surface area contributed by atoms with Gasteiger partial charge in [0.25, 0.3) is 0 Å². The summed E-state index contributed by atoms with van der Waals surface area (Å²) in [7, 11) is -7.14. The Kier molecular flexibility index (Phi) is 10.5. The average molecular weight is 755 g/mol. The van der Waals surface area contributed by atoms with Crippen molar-refractivity contribution in [1.29, 1.82) is 0 Å². The van der Waals surface area contributed by atoms with Crippen LogP contribution in [-0.4, -0.2) is 61.7 Å². The lowest BCUT2D eigenvalue weighted by Crippen LogP contribution is -2.33. The number of rotatable bonds is 13. The molecule has 0 aromatic heterocycles. The molecular formula is C29H35IN4O6S2Si. The largest absolute Gasteiger partial charge is 0.497 e. The van der Waals surface area contributed by atoms with Gasteiger partial charge in [0.1, 0.15) is 16.4 Å². The molecule has 0 fully saturated rings. The minimum absolute atomic E-state index is 0.0222. The summed E-state index contributed by atoms with van der Waals surface area (Å²) in [5.41, 5.74) is 1.54. The first-order valence-corrected chi connectivity index (χ1v) is 21.4. The van der Waals surface area contributed by atoms with Gasteiger partial charge in [-0.1, -0.05) is 43.9 Å². The maximum Gasteiger partial charge on any atom is 0.245 e. The Hall–Kier alpha value is -2.66. The molecule has 0 saturated carbocycles. The summed E-state index contributed by atoms with van der Waals surface area (Å²) in [5, 5.41) is 8.01. The number of azo groups is 1. The molecule has 43 heavy (non-hydrogen) atoms. The van der Waals surface area contributed by atoms with E-state index in [1.807, 2.05) is 22.6 Å². The summed E-state index contributed by atoms with van der Waals surface area (Å²) in [5.74, 6) is 1.21. The van der Waals surface area contributed by atoms with Gasteiger partial charge in [0.15, 0.2) is 22.3 Å². The molecule has 14 heteroatoms. The van der Waals surface area contributed by atoms with Crippen molar-refractivity contribution >= 4 is 56.4 Å². The van der Waals surface area contributed by atoms with Gasteiger partial charge in [0.05, 0.1) is 30.4 Å². The zero-order valence-electron chi connectivity index (χ0n) is 24.7. The van der Waals surface area contributed by atoms with E-state index in [9.17, 15) is 16.8 Å². The van der Waals surface area contributed by atoms with E-state index in [1.54, 1.807) is 68.8 Å². The van der Waals surface area contributed by atoms with Crippen LogP contribution >= 0.6 is 22.6 Å². The first kappa shape index (κ1) is 33.2. The van der Waals surface area contributed by atoms with Crippen LogP contribution in [0.5, 0.6) is 11.5 Å². The number of benzene rings is 3. The Morgan fingerprint density at radius 3 is 1.81 bits per heavy atom. The highest BCUT2D eigenvalue weighted by Gasteiger charge is 2.37. The molecule has 4 rings (SSSR count). The second-order valence-corrected chi connectivity index (χ2v) is 21.9. The molecule has 0 N–H and O–H groups in total. The van der Waals surface area contributed by atoms with Crippen LogP contribution in [0.1, 0.15) is 16.7 Å². The first-order valence-electron chi connectivity index (χ1n) is 13.5. The molecule has 0 radical (unpaired) electrons. The first-order chi connectivity index (χ1) is 20.2. The Morgan fingerprint density at radius 1 is 0.837 bits per heavy atom. The van der Waals surface area contributed by atoms with Crippen molar-refractivity contribution in [2.75, 3.05) is 26.6 Å². The minimum Gasteiger partial charge on any atom is -0.497 e. The predicted molar refractivity (Wildman–Crippen MR) is 178 cm³/mol. The minimum atomic E-state index is -4.47. The van der Waals surface area contributed by atoms with E-state index in [4.69, 9.17) is 9.47 Å². The van der Waals surface area contributed by atoms with Crippen LogP contribution in [0.4, 0.5) is 0 Å². The monoisotopic (exact) mass is 754 g/mol. The molecule has 0 amide bonds. The molecule has 3 aromatic carbocycles. The number of hydrogen-bond donors (Lipinski definition) is 0. The molecule has 10 nitrogen and oxygen atoms in total. The number of methoxy groups -OCH3 is 2. The van der Waals surface area contributed by atoms with Crippen LogP contribution in [0.15, 0.2) is 85.7 Å². The SMILES string of the molecule is COc1ccc(CN(Cc2ccc(OC)cc2)S(=O)(=O)c2c(S(=O)(=O)CC[Si](C)(C)C)ccc(I)c2C2=NCN=N2)cc1. The normalized spacial score (nSPS) is 13.8. The fourth-order valence-corrected chi connectivity index (χ4v) is 12.0. The van der Waals surface area contributed by atoms with Gasteiger partial charge in [-0.15, -0.1) is 5.11 Å². The van der Waals surface area contributed by atoms with Crippen molar-refractivity contribution in [1.82, 2.24) is 4.31 Å². The van der Waals surface area contributed by atoms with Crippen LogP contribution in [0, 0.1) is 3.57 Å². The van der Waals surface area contributed by atoms with Crippen molar-refractivity contribution in [2.24, 2.45) is 15.2 Å². The number of halogens is 1. The number of hydrogen-bond acceptors (Lipinski definition) is 9. The van der Waals surface area contributed by atoms with Crippen LogP contribution in [0.2, 0.25) is 25.7 Å². The zero-order chi connectivity index (χ0) is 31.4. The number of amidine groups is 1. The van der Waals surface area contributed by atoms with Gasteiger partial charge in [-0.2, -0.15) is 9.42 Å². The van der Waals surface area contributed by atoms with E-state index < -0.39 is 27.9 Å².